The molecule has 0 radical (unpaired) electrons. The third kappa shape index (κ3) is 4.24. The van der Waals surface area contributed by atoms with Crippen molar-refractivity contribution in [2.24, 2.45) is 0 Å². The number of ether oxygens (including phenoxy) is 1. The van der Waals surface area contributed by atoms with Crippen LogP contribution < -0.4 is 9.64 Å². The molecule has 0 saturated carbocycles. The van der Waals surface area contributed by atoms with Crippen molar-refractivity contribution >= 4 is 11.7 Å². The van der Waals surface area contributed by atoms with Gasteiger partial charge in [-0.05, 0) is 25.0 Å². The van der Waals surface area contributed by atoms with Crippen molar-refractivity contribution in [1.82, 2.24) is 19.9 Å². The van der Waals surface area contributed by atoms with Crippen molar-refractivity contribution < 1.29 is 9.53 Å². The third-order valence-corrected chi connectivity index (χ3v) is 5.71. The van der Waals surface area contributed by atoms with Crippen LogP contribution in [-0.4, -0.2) is 58.0 Å². The maximum absolute atomic E-state index is 11.6. The third-order valence-electron chi connectivity index (χ3n) is 5.71. The Morgan fingerprint density at radius 1 is 0.964 bits per heavy atom. The average molecular weight is 381 g/mol. The minimum atomic E-state index is 0.146. The molecule has 0 bridgehead atoms. The maximum atomic E-state index is 11.6. The van der Waals surface area contributed by atoms with Gasteiger partial charge in [0.15, 0.2) is 0 Å². The molecule has 2 aromatic rings. The topological polar surface area (TPSA) is 71.5 Å². The Kier molecular flexibility index (Phi) is 5.69. The zero-order chi connectivity index (χ0) is 19.3. The highest BCUT2D eigenvalue weighted by atomic mass is 16.5. The summed E-state index contributed by atoms with van der Waals surface area (Å²) in [6, 6.07) is 6.01. The lowest BCUT2D eigenvalue weighted by molar-refractivity contribution is -0.129. The van der Waals surface area contributed by atoms with Crippen LogP contribution >= 0.6 is 0 Å². The first kappa shape index (κ1) is 18.7. The number of rotatable bonds is 4. The molecule has 7 heteroatoms. The predicted octanol–water partition coefficient (Wildman–Crippen LogP) is 2.65. The van der Waals surface area contributed by atoms with Gasteiger partial charge in [0.1, 0.15) is 17.6 Å². The van der Waals surface area contributed by atoms with Crippen molar-refractivity contribution in [3.63, 3.8) is 0 Å². The Bertz CT molecular complexity index is 784. The molecule has 2 aliphatic rings. The van der Waals surface area contributed by atoms with Gasteiger partial charge in [0.2, 0.25) is 11.8 Å². The quantitative estimate of drug-likeness (QED) is 0.811. The van der Waals surface area contributed by atoms with E-state index in [9.17, 15) is 4.79 Å². The Morgan fingerprint density at radius 3 is 2.39 bits per heavy atom. The van der Waals surface area contributed by atoms with Crippen molar-refractivity contribution in [2.75, 3.05) is 31.1 Å². The van der Waals surface area contributed by atoms with E-state index in [4.69, 9.17) is 4.74 Å². The zero-order valence-electron chi connectivity index (χ0n) is 16.3. The van der Waals surface area contributed by atoms with E-state index >= 15 is 0 Å². The summed E-state index contributed by atoms with van der Waals surface area (Å²) in [6.07, 6.45) is 9.12. The molecule has 0 spiro atoms. The van der Waals surface area contributed by atoms with Crippen LogP contribution in [0.1, 0.15) is 44.2 Å². The highest BCUT2D eigenvalue weighted by Crippen LogP contribution is 2.32. The molecule has 0 N–H and O–H groups in total. The molecule has 4 rings (SSSR count). The first-order valence-corrected chi connectivity index (χ1v) is 10.1. The summed E-state index contributed by atoms with van der Waals surface area (Å²) in [4.78, 5) is 29.3. The molecular formula is C21H27N5O2. The van der Waals surface area contributed by atoms with E-state index in [-0.39, 0.29) is 12.0 Å². The summed E-state index contributed by atoms with van der Waals surface area (Å²) >= 11 is 0. The van der Waals surface area contributed by atoms with Crippen LogP contribution in [0.4, 0.5) is 5.82 Å². The summed E-state index contributed by atoms with van der Waals surface area (Å²) in [5.41, 5.74) is 0.942. The Morgan fingerprint density at radius 2 is 1.71 bits per heavy atom. The van der Waals surface area contributed by atoms with Gasteiger partial charge in [0.05, 0.1) is 0 Å². The number of hydrogen-bond acceptors (Lipinski definition) is 6. The van der Waals surface area contributed by atoms with E-state index in [1.54, 1.807) is 19.3 Å². The molecule has 0 aromatic carbocycles. The fraction of sp³-hybridized carbons (Fsp3) is 0.524. The number of hydrogen-bond donors (Lipinski definition) is 0. The molecule has 28 heavy (non-hydrogen) atoms. The Hall–Kier alpha value is -2.70. The molecule has 2 aliphatic heterocycles. The number of amides is 1. The number of carbonyl (C=O) groups is 1. The SMILES string of the molecule is CC(=O)N1CCC(c2nccnc2OC2CCN(c3ccccn3)CC2)CC1. The molecule has 148 valence electrons. The predicted molar refractivity (Wildman–Crippen MR) is 106 cm³/mol. The fourth-order valence-corrected chi connectivity index (χ4v) is 4.08. The smallest absolute Gasteiger partial charge is 0.236 e. The Balaban J connectivity index is 1.37. The molecule has 7 nitrogen and oxygen atoms in total. The number of pyridine rings is 1. The lowest BCUT2D eigenvalue weighted by Gasteiger charge is -2.34. The molecule has 0 unspecified atom stereocenters. The van der Waals surface area contributed by atoms with Crippen LogP contribution in [0, 0.1) is 0 Å². The van der Waals surface area contributed by atoms with Gasteiger partial charge in [-0.1, -0.05) is 6.07 Å². The van der Waals surface area contributed by atoms with Crippen molar-refractivity contribution in [2.45, 2.75) is 44.6 Å². The van der Waals surface area contributed by atoms with Crippen LogP contribution in [0.5, 0.6) is 5.88 Å². The minimum absolute atomic E-state index is 0.146. The van der Waals surface area contributed by atoms with Gasteiger partial charge in [-0.15, -0.1) is 0 Å². The second-order valence-corrected chi connectivity index (χ2v) is 7.52. The summed E-state index contributed by atoms with van der Waals surface area (Å²) in [5, 5.41) is 0. The normalized spacial score (nSPS) is 18.9. The van der Waals surface area contributed by atoms with E-state index in [2.05, 4.69) is 25.9 Å². The van der Waals surface area contributed by atoms with Crippen LogP contribution in [0.3, 0.4) is 0 Å². The van der Waals surface area contributed by atoms with Crippen LogP contribution in [0.15, 0.2) is 36.8 Å². The van der Waals surface area contributed by atoms with E-state index in [1.807, 2.05) is 23.2 Å². The molecular weight excluding hydrogens is 354 g/mol. The van der Waals surface area contributed by atoms with Crippen molar-refractivity contribution in [1.29, 1.82) is 0 Å². The summed E-state index contributed by atoms with van der Waals surface area (Å²) in [7, 11) is 0. The van der Waals surface area contributed by atoms with Gasteiger partial charge in [0.25, 0.3) is 0 Å². The van der Waals surface area contributed by atoms with E-state index in [0.29, 0.717) is 11.8 Å². The molecule has 4 heterocycles. The molecule has 2 saturated heterocycles. The largest absolute Gasteiger partial charge is 0.473 e. The second kappa shape index (κ2) is 8.54. The van der Waals surface area contributed by atoms with Crippen LogP contribution in [-0.2, 0) is 4.79 Å². The monoisotopic (exact) mass is 381 g/mol. The highest BCUT2D eigenvalue weighted by Gasteiger charge is 2.28. The maximum Gasteiger partial charge on any atom is 0.236 e. The van der Waals surface area contributed by atoms with E-state index in [1.165, 1.54) is 0 Å². The first-order valence-electron chi connectivity index (χ1n) is 10.1. The molecule has 1 amide bonds. The standard InChI is InChI=1S/C21H27N5O2/c1-16(27)25-12-5-17(6-13-25)20-21(24-11-10-23-20)28-18-7-14-26(15-8-18)19-4-2-3-9-22-19/h2-4,9-11,17-18H,5-8,12-15H2,1H3. The van der Waals surface area contributed by atoms with Gasteiger partial charge in [-0.25, -0.2) is 9.97 Å². The molecule has 0 atom stereocenters. The summed E-state index contributed by atoms with van der Waals surface area (Å²) in [5.74, 6) is 2.14. The zero-order valence-corrected chi connectivity index (χ0v) is 16.3. The fourth-order valence-electron chi connectivity index (χ4n) is 4.08. The van der Waals surface area contributed by atoms with Gasteiger partial charge >= 0.3 is 0 Å². The van der Waals surface area contributed by atoms with E-state index in [0.717, 1.165) is 63.4 Å². The molecule has 0 aliphatic carbocycles. The minimum Gasteiger partial charge on any atom is -0.473 e. The first-order chi connectivity index (χ1) is 13.7. The number of aromatic nitrogens is 3. The summed E-state index contributed by atoms with van der Waals surface area (Å²) < 4.78 is 6.30. The van der Waals surface area contributed by atoms with Crippen LogP contribution in [0.25, 0.3) is 0 Å². The average Bonchev–Trinajstić information content (AvgIpc) is 2.75. The second-order valence-electron chi connectivity index (χ2n) is 7.52. The van der Waals surface area contributed by atoms with Crippen molar-refractivity contribution in [3.05, 3.63) is 42.5 Å². The number of nitrogens with zero attached hydrogens (tertiary/aromatic N) is 5. The van der Waals surface area contributed by atoms with Gasteiger partial charge in [-0.3, -0.25) is 9.78 Å². The van der Waals surface area contributed by atoms with Crippen LogP contribution in [0.2, 0.25) is 0 Å². The number of piperidine rings is 2. The number of likely N-dealkylation sites (tertiary alicyclic amines) is 1. The van der Waals surface area contributed by atoms with Crippen molar-refractivity contribution in [3.8, 4) is 5.88 Å². The number of anilines is 1. The van der Waals surface area contributed by atoms with E-state index < -0.39 is 0 Å². The molecule has 2 aromatic heterocycles. The summed E-state index contributed by atoms with van der Waals surface area (Å²) in [6.45, 7) is 5.04. The lowest BCUT2D eigenvalue weighted by Crippen LogP contribution is -2.39. The van der Waals surface area contributed by atoms with Gasteiger partial charge in [0, 0.05) is 70.5 Å². The Labute approximate surface area is 165 Å². The number of carbonyl (C=O) groups excluding carboxylic acids is 1. The van der Waals surface area contributed by atoms with Gasteiger partial charge < -0.3 is 14.5 Å². The highest BCUT2D eigenvalue weighted by molar-refractivity contribution is 5.73. The molecule has 2 fully saturated rings. The lowest BCUT2D eigenvalue weighted by atomic mass is 9.93. The van der Waals surface area contributed by atoms with Gasteiger partial charge in [-0.2, -0.15) is 0 Å².